The first-order valence-corrected chi connectivity index (χ1v) is 6.05. The van der Waals surface area contributed by atoms with Gasteiger partial charge in [-0.1, -0.05) is 0 Å². The van der Waals surface area contributed by atoms with Gasteiger partial charge in [-0.15, -0.1) is 0 Å². The second-order valence-electron chi connectivity index (χ2n) is 4.85. The summed E-state index contributed by atoms with van der Waals surface area (Å²) in [6.07, 6.45) is -0.681. The summed E-state index contributed by atoms with van der Waals surface area (Å²) in [4.78, 5) is 35.1. The van der Waals surface area contributed by atoms with Crippen LogP contribution in [0.5, 0.6) is 0 Å². The van der Waals surface area contributed by atoms with Crippen LogP contribution in [0.4, 0.5) is 4.79 Å². The third-order valence-corrected chi connectivity index (χ3v) is 2.69. The highest BCUT2D eigenvalue weighted by Gasteiger charge is 2.36. The van der Waals surface area contributed by atoms with E-state index in [1.165, 1.54) is 4.90 Å². The Morgan fingerprint density at radius 2 is 2.00 bits per heavy atom. The van der Waals surface area contributed by atoms with E-state index in [1.807, 2.05) is 0 Å². The number of amides is 3. The number of carboxylic acids is 1. The van der Waals surface area contributed by atoms with E-state index in [0.29, 0.717) is 0 Å². The molecule has 2 unspecified atom stereocenters. The van der Waals surface area contributed by atoms with Crippen LogP contribution in [0.25, 0.3) is 0 Å². The molecule has 0 saturated carbocycles. The summed E-state index contributed by atoms with van der Waals surface area (Å²) in [5.41, 5.74) is 0. The predicted octanol–water partition coefficient (Wildman–Crippen LogP) is -1.26. The third-order valence-electron chi connectivity index (χ3n) is 2.69. The number of aliphatic hydroxyl groups excluding tert-OH is 1. The summed E-state index contributed by atoms with van der Waals surface area (Å²) in [5, 5.41) is 23.0. The number of imide groups is 1. The van der Waals surface area contributed by atoms with Gasteiger partial charge in [0, 0.05) is 19.0 Å². The maximum atomic E-state index is 11.6. The van der Waals surface area contributed by atoms with E-state index in [1.54, 1.807) is 13.8 Å². The zero-order valence-electron chi connectivity index (χ0n) is 10.9. The molecule has 0 aromatic rings. The van der Waals surface area contributed by atoms with Crippen molar-refractivity contribution in [2.45, 2.75) is 38.5 Å². The molecule has 1 aliphatic rings. The minimum atomic E-state index is -1.09. The number of carbonyl (C=O) groups is 3. The van der Waals surface area contributed by atoms with Crippen molar-refractivity contribution in [3.8, 4) is 0 Å². The summed E-state index contributed by atoms with van der Waals surface area (Å²) >= 11 is 0. The molecule has 1 saturated heterocycles. The summed E-state index contributed by atoms with van der Waals surface area (Å²) in [6, 6.07) is -1.62. The number of hydrogen-bond donors (Lipinski definition) is 4. The van der Waals surface area contributed by atoms with Gasteiger partial charge in [-0.05, 0) is 13.8 Å². The van der Waals surface area contributed by atoms with Crippen molar-refractivity contribution in [1.29, 1.82) is 0 Å². The van der Waals surface area contributed by atoms with Gasteiger partial charge in [-0.2, -0.15) is 0 Å². The number of nitrogens with zero attached hydrogens (tertiary/aromatic N) is 1. The first-order chi connectivity index (χ1) is 8.79. The molecule has 8 heteroatoms. The van der Waals surface area contributed by atoms with Crippen LogP contribution in [-0.4, -0.2) is 64.3 Å². The normalized spacial score (nSPS) is 23.4. The molecule has 8 nitrogen and oxygen atoms in total. The molecule has 1 aliphatic heterocycles. The number of carbonyl (C=O) groups excluding carboxylic acids is 2. The second kappa shape index (κ2) is 6.48. The van der Waals surface area contributed by atoms with Gasteiger partial charge in [-0.25, -0.2) is 4.79 Å². The fraction of sp³-hybridized carbons (Fsp3) is 0.727. The molecule has 0 aliphatic carbocycles. The van der Waals surface area contributed by atoms with Gasteiger partial charge >= 0.3 is 12.0 Å². The lowest BCUT2D eigenvalue weighted by molar-refractivity contribution is -0.142. The molecule has 1 heterocycles. The van der Waals surface area contributed by atoms with Crippen LogP contribution in [0.15, 0.2) is 0 Å². The summed E-state index contributed by atoms with van der Waals surface area (Å²) < 4.78 is 0. The van der Waals surface area contributed by atoms with E-state index in [2.05, 4.69) is 10.6 Å². The number of rotatable bonds is 4. The number of hydrogen-bond acceptors (Lipinski definition) is 5. The molecular weight excluding hydrogens is 254 g/mol. The first kappa shape index (κ1) is 15.4. The largest absolute Gasteiger partial charge is 0.480 e. The van der Waals surface area contributed by atoms with E-state index in [9.17, 15) is 19.5 Å². The van der Waals surface area contributed by atoms with E-state index >= 15 is 0 Å². The Balaban J connectivity index is 2.47. The number of aliphatic hydroxyl groups is 1. The monoisotopic (exact) mass is 273 g/mol. The molecule has 0 spiro atoms. The van der Waals surface area contributed by atoms with Crippen molar-refractivity contribution in [2.75, 3.05) is 13.1 Å². The lowest BCUT2D eigenvalue weighted by Crippen LogP contribution is -2.48. The quantitative estimate of drug-likeness (QED) is 0.507. The Morgan fingerprint density at radius 1 is 1.37 bits per heavy atom. The summed E-state index contributed by atoms with van der Waals surface area (Å²) in [6.45, 7) is 3.37. The predicted molar refractivity (Wildman–Crippen MR) is 65.4 cm³/mol. The van der Waals surface area contributed by atoms with Crippen LogP contribution in [0.1, 0.15) is 20.3 Å². The van der Waals surface area contributed by atoms with E-state index in [-0.39, 0.29) is 25.6 Å². The highest BCUT2D eigenvalue weighted by molar-refractivity contribution is 5.95. The van der Waals surface area contributed by atoms with Crippen LogP contribution in [0.2, 0.25) is 0 Å². The van der Waals surface area contributed by atoms with Crippen molar-refractivity contribution >= 4 is 17.9 Å². The molecule has 0 aromatic heterocycles. The standard InChI is InChI=1S/C11H19N3O5/c1-6(2)12-11(19)13-9(16)5-14-4-7(15)3-8(14)10(17)18/h6-8,15H,3-5H2,1-2H3,(H,17,18)(H2,12,13,16,19). The lowest BCUT2D eigenvalue weighted by atomic mass is 10.2. The van der Waals surface area contributed by atoms with Crippen molar-refractivity contribution in [1.82, 2.24) is 15.5 Å². The molecule has 4 N–H and O–H groups in total. The van der Waals surface area contributed by atoms with Crippen molar-refractivity contribution in [3.63, 3.8) is 0 Å². The van der Waals surface area contributed by atoms with Gasteiger partial charge < -0.3 is 15.5 Å². The Kier molecular flexibility index (Phi) is 5.25. The highest BCUT2D eigenvalue weighted by atomic mass is 16.4. The topological polar surface area (TPSA) is 119 Å². The van der Waals surface area contributed by atoms with Crippen molar-refractivity contribution in [2.24, 2.45) is 0 Å². The van der Waals surface area contributed by atoms with Crippen molar-refractivity contribution in [3.05, 3.63) is 0 Å². The molecule has 2 atom stereocenters. The minimum absolute atomic E-state index is 0.0841. The Labute approximate surface area is 110 Å². The zero-order chi connectivity index (χ0) is 14.6. The third kappa shape index (κ3) is 4.84. The maximum Gasteiger partial charge on any atom is 0.321 e. The first-order valence-electron chi connectivity index (χ1n) is 6.05. The number of β-amino-alcohol motifs (C(OH)–C–C–N with tert-alkyl or cyclic N) is 1. The minimum Gasteiger partial charge on any atom is -0.480 e. The van der Waals surface area contributed by atoms with Gasteiger partial charge in [-0.3, -0.25) is 19.8 Å². The fourth-order valence-corrected chi connectivity index (χ4v) is 1.96. The smallest absolute Gasteiger partial charge is 0.321 e. The number of urea groups is 1. The fourth-order valence-electron chi connectivity index (χ4n) is 1.96. The van der Waals surface area contributed by atoms with Gasteiger partial charge in [0.05, 0.1) is 12.6 Å². The average Bonchev–Trinajstić information content (AvgIpc) is 2.57. The van der Waals surface area contributed by atoms with Crippen LogP contribution in [-0.2, 0) is 9.59 Å². The Bertz CT molecular complexity index is 371. The molecular formula is C11H19N3O5. The van der Waals surface area contributed by atoms with Gasteiger partial charge in [0.2, 0.25) is 5.91 Å². The molecule has 1 rings (SSSR count). The molecule has 0 radical (unpaired) electrons. The SMILES string of the molecule is CC(C)NC(=O)NC(=O)CN1CC(O)CC1C(=O)O. The number of aliphatic carboxylic acids is 1. The number of likely N-dealkylation sites (tertiary alicyclic amines) is 1. The van der Waals surface area contributed by atoms with E-state index in [4.69, 9.17) is 5.11 Å². The summed E-state index contributed by atoms with van der Waals surface area (Å²) in [5.74, 6) is -1.69. The molecule has 1 fully saturated rings. The summed E-state index contributed by atoms with van der Waals surface area (Å²) in [7, 11) is 0. The number of carboxylic acid groups (broad SMARTS) is 1. The van der Waals surface area contributed by atoms with Crippen LogP contribution >= 0.6 is 0 Å². The lowest BCUT2D eigenvalue weighted by Gasteiger charge is -2.19. The van der Waals surface area contributed by atoms with E-state index < -0.39 is 30.1 Å². The van der Waals surface area contributed by atoms with Gasteiger partial charge in [0.15, 0.2) is 0 Å². The molecule has 0 bridgehead atoms. The number of nitrogens with one attached hydrogen (secondary N) is 2. The molecule has 3 amide bonds. The zero-order valence-corrected chi connectivity index (χ0v) is 10.9. The molecule has 19 heavy (non-hydrogen) atoms. The second-order valence-corrected chi connectivity index (χ2v) is 4.85. The van der Waals surface area contributed by atoms with Gasteiger partial charge in [0.1, 0.15) is 6.04 Å². The van der Waals surface area contributed by atoms with Crippen LogP contribution < -0.4 is 10.6 Å². The average molecular weight is 273 g/mol. The van der Waals surface area contributed by atoms with Gasteiger partial charge in [0.25, 0.3) is 0 Å². The van der Waals surface area contributed by atoms with Crippen molar-refractivity contribution < 1.29 is 24.6 Å². The Hall–Kier alpha value is -1.67. The molecule has 108 valence electrons. The maximum absolute atomic E-state index is 11.6. The molecule has 0 aromatic carbocycles. The van der Waals surface area contributed by atoms with E-state index in [0.717, 1.165) is 0 Å². The van der Waals surface area contributed by atoms with Crippen LogP contribution in [0, 0.1) is 0 Å². The van der Waals surface area contributed by atoms with Crippen LogP contribution in [0.3, 0.4) is 0 Å². The highest BCUT2D eigenvalue weighted by Crippen LogP contribution is 2.17. The Morgan fingerprint density at radius 3 is 2.53 bits per heavy atom.